The third-order valence-corrected chi connectivity index (χ3v) is 24.0. The number of hydrogen-bond acceptors (Lipinski definition) is 14. The Morgan fingerprint density at radius 1 is 0.248 bits per heavy atom. The maximum absolute atomic E-state index is 6.33. The van der Waals surface area contributed by atoms with Crippen molar-refractivity contribution in [2.45, 2.75) is 34.6 Å². The summed E-state index contributed by atoms with van der Waals surface area (Å²) in [5.74, 6) is 0.883. The lowest BCUT2D eigenvalue weighted by atomic mass is 10.00. The molecule has 0 bridgehead atoms. The van der Waals surface area contributed by atoms with Crippen LogP contribution in [0, 0.1) is 34.6 Å². The quantitative estimate of drug-likeness (QED) is 0.147. The number of aromatic nitrogens is 14. The van der Waals surface area contributed by atoms with E-state index in [1.165, 1.54) is 10.9 Å². The van der Waals surface area contributed by atoms with Crippen molar-refractivity contribution in [1.29, 1.82) is 0 Å². The first-order valence-corrected chi connectivity index (χ1v) is 41.3. The Kier molecular flexibility index (Phi) is 18.9. The van der Waals surface area contributed by atoms with E-state index in [-0.39, 0.29) is 0 Å². The van der Waals surface area contributed by atoms with E-state index < -0.39 is 0 Å². The molecule has 0 atom stereocenters. The van der Waals surface area contributed by atoms with Gasteiger partial charge < -0.3 is 22.1 Å². The van der Waals surface area contributed by atoms with Gasteiger partial charge >= 0.3 is 5.82 Å². The fourth-order valence-electron chi connectivity index (χ4n) is 17.9. The Balaban J connectivity index is 0.0000000956. The Hall–Kier alpha value is -16.3. The minimum absolute atomic E-state index is 0.666. The second kappa shape index (κ2) is 31.1. The molecule has 0 N–H and O–H groups in total. The highest BCUT2D eigenvalue weighted by molar-refractivity contribution is 6.24. The third kappa shape index (κ3) is 13.1. The number of rotatable bonds is 5. The Bertz CT molecular complexity index is 7520. The van der Waals surface area contributed by atoms with Gasteiger partial charge in [0.25, 0.3) is 6.33 Å². The number of benzene rings is 10. The fourth-order valence-corrected chi connectivity index (χ4v) is 17.9. The summed E-state index contributed by atoms with van der Waals surface area (Å²) in [7, 11) is 10.0. The van der Waals surface area contributed by atoms with Crippen molar-refractivity contribution >= 4 is 164 Å². The molecule has 600 valence electrons. The Morgan fingerprint density at radius 2 is 0.648 bits per heavy atom. The van der Waals surface area contributed by atoms with Crippen molar-refractivity contribution in [1.82, 2.24) is 45.0 Å². The first kappa shape index (κ1) is 76.1. The zero-order valence-electron chi connectivity index (χ0n) is 70.2. The van der Waals surface area contributed by atoms with E-state index in [0.29, 0.717) is 22.9 Å². The molecule has 125 heavy (non-hydrogen) atoms. The second-order valence-electron chi connectivity index (χ2n) is 31.7. The van der Waals surface area contributed by atoms with Gasteiger partial charge in [-0.1, -0.05) is 173 Å². The molecule has 0 radical (unpaired) electrons. The van der Waals surface area contributed by atoms with Crippen LogP contribution in [0.4, 0.5) is 0 Å². The van der Waals surface area contributed by atoms with Gasteiger partial charge in [0, 0.05) is 115 Å². The number of furan rings is 5. The van der Waals surface area contributed by atoms with Crippen LogP contribution in [0.15, 0.2) is 333 Å². The van der Waals surface area contributed by atoms with E-state index in [1.807, 2.05) is 171 Å². The zero-order chi connectivity index (χ0) is 84.8. The molecule has 25 aromatic rings. The predicted octanol–water partition coefficient (Wildman–Crippen LogP) is 22.3. The largest absolute Gasteiger partial charge is 0.455 e. The summed E-state index contributed by atoms with van der Waals surface area (Å²) >= 11 is 0. The number of aryl methyl sites for hydroxylation is 10. The van der Waals surface area contributed by atoms with Crippen molar-refractivity contribution in [2.75, 3.05) is 0 Å². The lowest BCUT2D eigenvalue weighted by molar-refractivity contribution is -0.720. The summed E-state index contributed by atoms with van der Waals surface area (Å²) in [6.45, 7) is 10.5. The minimum Gasteiger partial charge on any atom is -0.455 e. The number of hydrogen-bond donors (Lipinski definition) is 0. The molecule has 0 aliphatic carbocycles. The normalized spacial score (nSPS) is 11.6. The number of nitrogens with zero attached hydrogens (tertiary/aromatic N) is 14. The van der Waals surface area contributed by atoms with Crippen molar-refractivity contribution in [2.24, 2.45) is 35.2 Å². The van der Waals surface area contributed by atoms with Crippen LogP contribution in [0.1, 0.15) is 27.8 Å². The summed E-state index contributed by atoms with van der Waals surface area (Å²) in [6.07, 6.45) is 26.2. The van der Waals surface area contributed by atoms with Gasteiger partial charge in [0.05, 0.1) is 93.6 Å². The van der Waals surface area contributed by atoms with Crippen LogP contribution in [0.25, 0.3) is 221 Å². The topological polar surface area (TPSA) is 201 Å². The van der Waals surface area contributed by atoms with Gasteiger partial charge in [-0.25, -0.2) is 33.6 Å². The average Bonchev–Trinajstić information content (AvgIpc) is 1.62. The molecule has 0 amide bonds. The van der Waals surface area contributed by atoms with Crippen molar-refractivity contribution < 1.29 is 45.0 Å². The second-order valence-corrected chi connectivity index (χ2v) is 31.7. The maximum Gasteiger partial charge on any atom is 0.334 e. The molecule has 15 aromatic heterocycles. The van der Waals surface area contributed by atoms with Crippen LogP contribution in [0.5, 0.6) is 0 Å². The first-order chi connectivity index (χ1) is 61.2. The molecule has 15 heterocycles. The Labute approximate surface area is 715 Å². The molecule has 0 aliphatic rings. The lowest BCUT2D eigenvalue weighted by Gasteiger charge is -2.06. The summed E-state index contributed by atoms with van der Waals surface area (Å²) in [5.41, 5.74) is 24.4. The monoisotopic (exact) mass is 1630 g/mol. The summed E-state index contributed by atoms with van der Waals surface area (Å²) < 4.78 is 41.3. The van der Waals surface area contributed by atoms with Crippen LogP contribution in [0.3, 0.4) is 0 Å². The molecular weight excluding hydrogens is 1550 g/mol. The van der Waals surface area contributed by atoms with Crippen molar-refractivity contribution in [3.8, 4) is 56.4 Å². The molecule has 0 saturated carbocycles. The number of fused-ring (bicyclic) bond motifs is 25. The molecule has 0 spiro atoms. The lowest BCUT2D eigenvalue weighted by Crippen LogP contribution is -2.35. The molecule has 19 nitrogen and oxygen atoms in total. The van der Waals surface area contributed by atoms with E-state index in [9.17, 15) is 0 Å². The van der Waals surface area contributed by atoms with Gasteiger partial charge in [-0.05, 0) is 124 Å². The standard InChI is InChI=1S/C22H17N2O.4C21H16N3O/c1-14-8-10-16-20-18(11-9-15-6-5-12-23-21(15)20)25-22(16)19(14)17-7-3-4-13-24(17)2;1-13-8-9-16-18-15-7-4-3-6-14(15)12-23-21(18)25-19(16)17(13)20-22-10-5-11-24(20)2;1-13-9-10-16-19-15-7-4-3-6-14(15)12-22-21(19)25-20(16)18(13)17-8-5-11-23-24(17)2;1-13-7-8-16-19-15-6-4-3-5-14(15)11-23-21(19)25-20(16)18(13)17-12-22-9-10-24(17)2;1-13-7-8-16-19-15-6-4-3-5-14(15)11-23-21(19)25-20(16)18(13)17-9-10-22-12-24(17)2/h3-13H,1-2H3;4*3-12H,1-2H3/q5*+1. The highest BCUT2D eigenvalue weighted by Gasteiger charge is 2.29. The molecule has 10 aromatic carbocycles. The summed E-state index contributed by atoms with van der Waals surface area (Å²) in [5, 5.41) is 25.4. The molecule has 19 heteroatoms. The first-order valence-electron chi connectivity index (χ1n) is 41.3. The van der Waals surface area contributed by atoms with Gasteiger partial charge in [0.1, 0.15) is 54.5 Å². The molecule has 0 aliphatic heterocycles. The molecule has 0 fully saturated rings. The SMILES string of the molecule is Cc1ccc2c(oc3ccc4cccnc4c32)c1-c1cccc[n+]1C.Cc1ccc2c(oc3ncc4ccccc4c32)c1-c1cccn[n+]1C.Cc1ccc2c(oc3ncc4ccccc4c32)c1-c1ccnc[n+]1C.Cc1ccc2c(oc3ncc4ccccc4c32)c1-c1cncc[n+]1C.Cc1ccc2c(oc3ncc4ccccc4c32)c1-c1nccc[n+]1C. The minimum atomic E-state index is 0.666. The Morgan fingerprint density at radius 3 is 1.13 bits per heavy atom. The third-order valence-electron chi connectivity index (χ3n) is 24.0. The molecule has 25 rings (SSSR count). The highest BCUT2D eigenvalue weighted by Crippen LogP contribution is 2.45. The van der Waals surface area contributed by atoms with Crippen molar-refractivity contribution in [3.05, 3.63) is 339 Å². The van der Waals surface area contributed by atoms with Crippen LogP contribution < -0.4 is 23.0 Å². The van der Waals surface area contributed by atoms with Gasteiger partial charge in [0.2, 0.25) is 39.9 Å². The maximum atomic E-state index is 6.33. The molecule has 0 saturated heterocycles. The van der Waals surface area contributed by atoms with Gasteiger partial charge in [0.15, 0.2) is 36.2 Å². The van der Waals surface area contributed by atoms with Crippen LogP contribution in [0.2, 0.25) is 0 Å². The average molecular weight is 1630 g/mol. The molecular formula is C106H81N14O5+5. The van der Waals surface area contributed by atoms with E-state index >= 15 is 0 Å². The van der Waals surface area contributed by atoms with Gasteiger partial charge in [-0.15, -0.1) is 0 Å². The van der Waals surface area contributed by atoms with E-state index in [2.05, 4.69) is 266 Å². The van der Waals surface area contributed by atoms with Crippen LogP contribution >= 0.6 is 0 Å². The predicted molar refractivity (Wildman–Crippen MR) is 493 cm³/mol. The number of pyridine rings is 6. The van der Waals surface area contributed by atoms with Gasteiger partial charge in [-0.2, -0.15) is 4.57 Å². The van der Waals surface area contributed by atoms with Crippen LogP contribution in [-0.2, 0) is 35.2 Å². The molecule has 0 unspecified atom stereocenters. The van der Waals surface area contributed by atoms with E-state index in [0.717, 1.165) is 215 Å². The highest BCUT2D eigenvalue weighted by atomic mass is 16.4. The van der Waals surface area contributed by atoms with E-state index in [4.69, 9.17) is 22.1 Å². The fraction of sp³-hybridized carbons (Fsp3) is 0.0943. The van der Waals surface area contributed by atoms with Gasteiger partial charge in [-0.3, -0.25) is 9.97 Å². The summed E-state index contributed by atoms with van der Waals surface area (Å²) in [4.78, 5) is 35.8. The summed E-state index contributed by atoms with van der Waals surface area (Å²) in [6, 6.07) is 76.9. The smallest absolute Gasteiger partial charge is 0.334 e. The van der Waals surface area contributed by atoms with Crippen LogP contribution in [-0.4, -0.2) is 45.0 Å². The van der Waals surface area contributed by atoms with Crippen molar-refractivity contribution in [3.63, 3.8) is 0 Å². The van der Waals surface area contributed by atoms with E-state index in [1.54, 1.807) is 12.4 Å². The zero-order valence-corrected chi connectivity index (χ0v) is 70.2.